The summed E-state index contributed by atoms with van der Waals surface area (Å²) in [6, 6.07) is -4.48. The maximum atomic E-state index is 12.8. The summed E-state index contributed by atoms with van der Waals surface area (Å²) in [5.41, 5.74) is 10.9. The molecule has 0 fully saturated rings. The number of primary amides is 1. The van der Waals surface area contributed by atoms with E-state index in [0.29, 0.717) is 12.8 Å². The molecule has 0 aromatic carbocycles. The van der Waals surface area contributed by atoms with Crippen molar-refractivity contribution in [2.45, 2.75) is 71.1 Å². The van der Waals surface area contributed by atoms with Gasteiger partial charge in [0.25, 0.3) is 0 Å². The number of carboxylic acids is 1. The van der Waals surface area contributed by atoms with Crippen LogP contribution >= 0.6 is 12.6 Å². The van der Waals surface area contributed by atoms with Gasteiger partial charge < -0.3 is 32.5 Å². The molecular formula is C19H35N5O6S. The van der Waals surface area contributed by atoms with E-state index in [9.17, 15) is 24.0 Å². The number of nitrogens with one attached hydrogen (secondary N) is 3. The van der Waals surface area contributed by atoms with E-state index in [4.69, 9.17) is 16.6 Å². The van der Waals surface area contributed by atoms with E-state index in [-0.39, 0.29) is 17.6 Å². The molecule has 6 atom stereocenters. The van der Waals surface area contributed by atoms with Crippen molar-refractivity contribution in [2.24, 2.45) is 23.3 Å². The maximum absolute atomic E-state index is 12.8. The second kappa shape index (κ2) is 13.9. The van der Waals surface area contributed by atoms with Gasteiger partial charge in [-0.2, -0.15) is 12.6 Å². The molecule has 0 aliphatic heterocycles. The van der Waals surface area contributed by atoms with Crippen molar-refractivity contribution < 1.29 is 29.1 Å². The van der Waals surface area contributed by atoms with Crippen LogP contribution in [0.5, 0.6) is 0 Å². The second-order valence-electron chi connectivity index (χ2n) is 7.60. The number of rotatable bonds is 14. The molecule has 0 aliphatic rings. The fraction of sp³-hybridized carbons (Fsp3) is 0.737. The van der Waals surface area contributed by atoms with Crippen molar-refractivity contribution in [1.82, 2.24) is 16.0 Å². The van der Waals surface area contributed by atoms with Crippen LogP contribution in [0.2, 0.25) is 0 Å². The van der Waals surface area contributed by atoms with Crippen LogP contribution in [0.25, 0.3) is 0 Å². The summed E-state index contributed by atoms with van der Waals surface area (Å²) in [5, 5.41) is 16.4. The van der Waals surface area contributed by atoms with E-state index < -0.39 is 60.2 Å². The quantitative estimate of drug-likeness (QED) is 0.157. The maximum Gasteiger partial charge on any atom is 0.326 e. The molecular weight excluding hydrogens is 426 g/mol. The highest BCUT2D eigenvalue weighted by atomic mass is 32.1. The third-order valence-electron chi connectivity index (χ3n) is 5.19. The Morgan fingerprint density at radius 1 is 0.871 bits per heavy atom. The van der Waals surface area contributed by atoms with Gasteiger partial charge in [0.05, 0.1) is 12.5 Å². The molecule has 0 rings (SSSR count). The molecule has 0 saturated carbocycles. The van der Waals surface area contributed by atoms with Crippen LogP contribution in [-0.4, -0.2) is 64.6 Å². The zero-order valence-electron chi connectivity index (χ0n) is 18.4. The van der Waals surface area contributed by atoms with E-state index in [1.54, 1.807) is 6.92 Å². The molecule has 178 valence electrons. The molecule has 0 aromatic heterocycles. The monoisotopic (exact) mass is 461 g/mol. The van der Waals surface area contributed by atoms with E-state index in [1.165, 1.54) is 0 Å². The van der Waals surface area contributed by atoms with Crippen LogP contribution in [0.1, 0.15) is 47.0 Å². The summed E-state index contributed by atoms with van der Waals surface area (Å²) in [6.45, 7) is 7.34. The van der Waals surface area contributed by atoms with Gasteiger partial charge in [0.15, 0.2) is 0 Å². The number of nitrogens with two attached hydrogens (primary N) is 2. The van der Waals surface area contributed by atoms with Gasteiger partial charge in [0.2, 0.25) is 23.6 Å². The van der Waals surface area contributed by atoms with Crippen LogP contribution in [0, 0.1) is 11.8 Å². The Kier molecular flexibility index (Phi) is 12.8. The SMILES string of the molecule is CCC(C)C(N)C(=O)NC(C(=O)NC(CS)C(=O)NC(CC(N)=O)C(=O)O)C(C)CC. The zero-order valence-corrected chi connectivity index (χ0v) is 19.3. The van der Waals surface area contributed by atoms with Gasteiger partial charge in [-0.15, -0.1) is 0 Å². The topological polar surface area (TPSA) is 194 Å². The first-order valence-corrected chi connectivity index (χ1v) is 10.8. The highest BCUT2D eigenvalue weighted by molar-refractivity contribution is 7.80. The van der Waals surface area contributed by atoms with Crippen LogP contribution in [0.3, 0.4) is 0 Å². The minimum atomic E-state index is -1.54. The lowest BCUT2D eigenvalue weighted by Gasteiger charge is -2.28. The van der Waals surface area contributed by atoms with Crippen molar-refractivity contribution in [2.75, 3.05) is 5.75 Å². The number of aliphatic carboxylic acids is 1. The van der Waals surface area contributed by atoms with E-state index in [2.05, 4.69) is 28.6 Å². The molecule has 0 aliphatic carbocycles. The number of carbonyl (C=O) groups is 5. The first-order chi connectivity index (χ1) is 14.4. The molecule has 0 saturated heterocycles. The summed E-state index contributed by atoms with van der Waals surface area (Å²) in [6.07, 6.45) is 0.647. The summed E-state index contributed by atoms with van der Waals surface area (Å²) in [5.74, 6) is -4.80. The molecule has 12 heteroatoms. The number of carbonyl (C=O) groups excluding carboxylic acids is 4. The molecule has 6 unspecified atom stereocenters. The normalized spacial score (nSPS) is 16.7. The van der Waals surface area contributed by atoms with Gasteiger partial charge in [-0.25, -0.2) is 4.79 Å². The Balaban J connectivity index is 5.35. The van der Waals surface area contributed by atoms with Crippen molar-refractivity contribution >= 4 is 42.2 Å². The number of hydrogen-bond acceptors (Lipinski definition) is 7. The standard InChI is InChI=1S/C19H35N5O6S/c1-5-9(3)14(21)17(27)24-15(10(4)6-2)18(28)23-12(8-31)16(26)22-11(19(29)30)7-13(20)25/h9-12,14-15,31H,5-8,21H2,1-4H3,(H2,20,25)(H,22,26)(H,23,28)(H,24,27)(H,29,30). The Morgan fingerprint density at radius 2 is 1.39 bits per heavy atom. The lowest BCUT2D eigenvalue weighted by atomic mass is 9.95. The zero-order chi connectivity index (χ0) is 24.3. The fourth-order valence-electron chi connectivity index (χ4n) is 2.59. The van der Waals surface area contributed by atoms with Gasteiger partial charge >= 0.3 is 5.97 Å². The van der Waals surface area contributed by atoms with Gasteiger partial charge in [-0.3, -0.25) is 19.2 Å². The Labute approximate surface area is 187 Å². The van der Waals surface area contributed by atoms with Gasteiger partial charge in [0.1, 0.15) is 18.1 Å². The van der Waals surface area contributed by atoms with E-state index >= 15 is 0 Å². The van der Waals surface area contributed by atoms with Crippen LogP contribution in [0.15, 0.2) is 0 Å². The van der Waals surface area contributed by atoms with Crippen molar-refractivity contribution in [3.8, 4) is 0 Å². The first kappa shape index (κ1) is 28.7. The predicted octanol–water partition coefficient (Wildman–Crippen LogP) is -1.25. The van der Waals surface area contributed by atoms with Gasteiger partial charge in [0, 0.05) is 5.75 Å². The van der Waals surface area contributed by atoms with Gasteiger partial charge in [-0.1, -0.05) is 40.5 Å². The van der Waals surface area contributed by atoms with E-state index in [1.807, 2.05) is 20.8 Å². The number of amides is 4. The molecule has 0 heterocycles. The second-order valence-corrected chi connectivity index (χ2v) is 7.96. The highest BCUT2D eigenvalue weighted by Crippen LogP contribution is 2.11. The molecule has 0 aromatic rings. The minimum Gasteiger partial charge on any atom is -0.480 e. The Hall–Kier alpha value is -2.34. The number of hydrogen-bond donors (Lipinski definition) is 7. The summed E-state index contributed by atoms with van der Waals surface area (Å²) in [7, 11) is 0. The largest absolute Gasteiger partial charge is 0.480 e. The Bertz CT molecular complexity index is 662. The molecule has 11 nitrogen and oxygen atoms in total. The Morgan fingerprint density at radius 3 is 1.81 bits per heavy atom. The fourth-order valence-corrected chi connectivity index (χ4v) is 2.85. The average Bonchev–Trinajstić information content (AvgIpc) is 2.72. The van der Waals surface area contributed by atoms with Crippen molar-refractivity contribution in [3.63, 3.8) is 0 Å². The average molecular weight is 462 g/mol. The van der Waals surface area contributed by atoms with Crippen LogP contribution in [-0.2, 0) is 24.0 Å². The predicted molar refractivity (Wildman–Crippen MR) is 118 cm³/mol. The smallest absolute Gasteiger partial charge is 0.326 e. The lowest BCUT2D eigenvalue weighted by Crippen LogP contribution is -2.59. The third-order valence-corrected chi connectivity index (χ3v) is 5.55. The van der Waals surface area contributed by atoms with Crippen molar-refractivity contribution in [3.05, 3.63) is 0 Å². The molecule has 0 radical (unpaired) electrons. The summed E-state index contributed by atoms with van der Waals surface area (Å²) < 4.78 is 0. The highest BCUT2D eigenvalue weighted by Gasteiger charge is 2.32. The first-order valence-electron chi connectivity index (χ1n) is 10.2. The minimum absolute atomic E-state index is 0.0881. The molecule has 4 amide bonds. The molecule has 8 N–H and O–H groups in total. The number of carboxylic acid groups (broad SMARTS) is 1. The van der Waals surface area contributed by atoms with Crippen molar-refractivity contribution in [1.29, 1.82) is 0 Å². The van der Waals surface area contributed by atoms with E-state index in [0.717, 1.165) is 0 Å². The third kappa shape index (κ3) is 9.55. The summed E-state index contributed by atoms with van der Waals surface area (Å²) >= 11 is 4.04. The lowest BCUT2D eigenvalue weighted by molar-refractivity contribution is -0.143. The van der Waals surface area contributed by atoms with Crippen LogP contribution < -0.4 is 27.4 Å². The molecule has 0 spiro atoms. The summed E-state index contributed by atoms with van der Waals surface area (Å²) in [4.78, 5) is 60.0. The van der Waals surface area contributed by atoms with Gasteiger partial charge in [-0.05, 0) is 11.8 Å². The molecule has 0 bridgehead atoms. The van der Waals surface area contributed by atoms with Crippen LogP contribution in [0.4, 0.5) is 0 Å². The molecule has 31 heavy (non-hydrogen) atoms. The number of thiol groups is 1.